The Morgan fingerprint density at radius 3 is 2.43 bits per heavy atom. The molecule has 110 valence electrons. The number of nitrogens with two attached hydrogens (primary N) is 1. The first kappa shape index (κ1) is 15.2. The highest BCUT2D eigenvalue weighted by Gasteiger charge is 2.16. The predicted octanol–water partition coefficient (Wildman–Crippen LogP) is 4.46. The van der Waals surface area contributed by atoms with Gasteiger partial charge in [-0.3, -0.25) is 4.79 Å². The Kier molecular flexibility index (Phi) is 4.41. The molecule has 0 aliphatic rings. The summed E-state index contributed by atoms with van der Waals surface area (Å²) in [5.41, 5.74) is 8.18. The van der Waals surface area contributed by atoms with Crippen LogP contribution in [0.4, 0.5) is 10.1 Å². The van der Waals surface area contributed by atoms with Crippen molar-refractivity contribution in [3.05, 3.63) is 64.5 Å². The standard InChI is InChI=1S/C18H20FNO/c1-4-11(2)13-5-7-14(8-6-13)18(21)16-10-15(20)9-12(3)17(16)19/h5-11H,4,20H2,1-3H3. The molecule has 0 fully saturated rings. The summed E-state index contributed by atoms with van der Waals surface area (Å²) >= 11 is 0. The van der Waals surface area contributed by atoms with E-state index in [-0.39, 0.29) is 11.3 Å². The third kappa shape index (κ3) is 3.13. The second kappa shape index (κ2) is 6.08. The van der Waals surface area contributed by atoms with Crippen molar-refractivity contribution in [2.24, 2.45) is 0 Å². The van der Waals surface area contributed by atoms with Crippen molar-refractivity contribution in [1.29, 1.82) is 0 Å². The zero-order valence-electron chi connectivity index (χ0n) is 12.6. The minimum Gasteiger partial charge on any atom is -0.399 e. The molecule has 2 nitrogen and oxygen atoms in total. The summed E-state index contributed by atoms with van der Waals surface area (Å²) in [7, 11) is 0. The lowest BCUT2D eigenvalue weighted by Gasteiger charge is -2.10. The first-order valence-electron chi connectivity index (χ1n) is 7.14. The summed E-state index contributed by atoms with van der Waals surface area (Å²) in [5, 5.41) is 0. The molecular formula is C18H20FNO. The number of benzene rings is 2. The molecule has 0 saturated heterocycles. The van der Waals surface area contributed by atoms with Crippen molar-refractivity contribution in [3.63, 3.8) is 0 Å². The van der Waals surface area contributed by atoms with Gasteiger partial charge in [-0.25, -0.2) is 4.39 Å². The molecule has 1 atom stereocenters. The molecule has 1 unspecified atom stereocenters. The van der Waals surface area contributed by atoms with E-state index < -0.39 is 5.82 Å². The number of carbonyl (C=O) groups excluding carboxylic acids is 1. The summed E-state index contributed by atoms with van der Waals surface area (Å²) in [6, 6.07) is 10.3. The second-order valence-electron chi connectivity index (χ2n) is 5.46. The summed E-state index contributed by atoms with van der Waals surface area (Å²) in [4.78, 5) is 12.4. The van der Waals surface area contributed by atoms with Gasteiger partial charge in [0.25, 0.3) is 0 Å². The Morgan fingerprint density at radius 2 is 1.86 bits per heavy atom. The van der Waals surface area contributed by atoms with Crippen LogP contribution in [0.5, 0.6) is 0 Å². The van der Waals surface area contributed by atoms with Gasteiger partial charge in [-0.1, -0.05) is 38.1 Å². The lowest BCUT2D eigenvalue weighted by atomic mass is 9.95. The van der Waals surface area contributed by atoms with E-state index in [1.54, 1.807) is 19.1 Å². The SMILES string of the molecule is CCC(C)c1ccc(C(=O)c2cc(N)cc(C)c2F)cc1. The number of carbonyl (C=O) groups is 1. The van der Waals surface area contributed by atoms with Gasteiger partial charge in [-0.2, -0.15) is 0 Å². The molecule has 0 aliphatic heterocycles. The average Bonchev–Trinajstić information content (AvgIpc) is 2.49. The maximum absolute atomic E-state index is 14.1. The Hall–Kier alpha value is -2.16. The molecule has 21 heavy (non-hydrogen) atoms. The van der Waals surface area contributed by atoms with Crippen LogP contribution in [-0.2, 0) is 0 Å². The van der Waals surface area contributed by atoms with Crippen LogP contribution < -0.4 is 5.73 Å². The van der Waals surface area contributed by atoms with Gasteiger partial charge in [-0.05, 0) is 42.5 Å². The number of hydrogen-bond donors (Lipinski definition) is 1. The highest BCUT2D eigenvalue weighted by Crippen LogP contribution is 2.23. The van der Waals surface area contributed by atoms with Gasteiger partial charge in [0, 0.05) is 11.3 Å². The molecule has 2 aromatic rings. The van der Waals surface area contributed by atoms with E-state index in [0.717, 1.165) is 6.42 Å². The van der Waals surface area contributed by atoms with Gasteiger partial charge in [-0.15, -0.1) is 0 Å². The molecule has 2 rings (SSSR count). The summed E-state index contributed by atoms with van der Waals surface area (Å²) < 4.78 is 14.1. The predicted molar refractivity (Wildman–Crippen MR) is 84.1 cm³/mol. The lowest BCUT2D eigenvalue weighted by Crippen LogP contribution is -2.07. The maximum atomic E-state index is 14.1. The van der Waals surface area contributed by atoms with Crippen molar-refractivity contribution in [2.75, 3.05) is 5.73 Å². The molecule has 0 aromatic heterocycles. The molecule has 2 aromatic carbocycles. The molecule has 2 N–H and O–H groups in total. The molecular weight excluding hydrogens is 265 g/mol. The number of anilines is 1. The van der Waals surface area contributed by atoms with Crippen LogP contribution in [0.3, 0.4) is 0 Å². The number of aryl methyl sites for hydroxylation is 1. The monoisotopic (exact) mass is 285 g/mol. The molecule has 3 heteroatoms. The van der Waals surface area contributed by atoms with Crippen molar-refractivity contribution in [2.45, 2.75) is 33.1 Å². The molecule has 0 bridgehead atoms. The van der Waals surface area contributed by atoms with E-state index >= 15 is 0 Å². The second-order valence-corrected chi connectivity index (χ2v) is 5.46. The van der Waals surface area contributed by atoms with Gasteiger partial charge in [0.2, 0.25) is 0 Å². The van der Waals surface area contributed by atoms with Crippen LogP contribution in [-0.4, -0.2) is 5.78 Å². The third-order valence-electron chi connectivity index (χ3n) is 3.88. The molecule has 0 amide bonds. The molecule has 0 radical (unpaired) electrons. The van der Waals surface area contributed by atoms with Crippen molar-refractivity contribution in [1.82, 2.24) is 0 Å². The highest BCUT2D eigenvalue weighted by atomic mass is 19.1. The van der Waals surface area contributed by atoms with E-state index in [1.807, 2.05) is 12.1 Å². The Balaban J connectivity index is 2.37. The maximum Gasteiger partial charge on any atom is 0.196 e. The van der Waals surface area contributed by atoms with Crippen LogP contribution in [0, 0.1) is 12.7 Å². The van der Waals surface area contributed by atoms with E-state index in [9.17, 15) is 9.18 Å². The van der Waals surface area contributed by atoms with Gasteiger partial charge in [0.05, 0.1) is 5.56 Å². The smallest absolute Gasteiger partial charge is 0.196 e. The fraction of sp³-hybridized carbons (Fsp3) is 0.278. The molecule has 0 saturated carbocycles. The van der Waals surface area contributed by atoms with Crippen LogP contribution in [0.15, 0.2) is 36.4 Å². The van der Waals surface area contributed by atoms with Crippen molar-refractivity contribution >= 4 is 11.5 Å². The van der Waals surface area contributed by atoms with E-state index in [4.69, 9.17) is 5.73 Å². The highest BCUT2D eigenvalue weighted by molar-refractivity contribution is 6.09. The Bertz CT molecular complexity index is 662. The molecule has 0 heterocycles. The van der Waals surface area contributed by atoms with Crippen LogP contribution in [0.2, 0.25) is 0 Å². The van der Waals surface area contributed by atoms with Crippen molar-refractivity contribution < 1.29 is 9.18 Å². The fourth-order valence-electron chi connectivity index (χ4n) is 2.32. The average molecular weight is 285 g/mol. The van der Waals surface area contributed by atoms with Crippen molar-refractivity contribution in [3.8, 4) is 0 Å². The first-order chi connectivity index (χ1) is 9.93. The third-order valence-corrected chi connectivity index (χ3v) is 3.88. The van der Waals surface area contributed by atoms with Gasteiger partial charge in [0.1, 0.15) is 5.82 Å². The molecule has 0 aliphatic carbocycles. The minimum atomic E-state index is -0.500. The Labute approximate surface area is 124 Å². The minimum absolute atomic E-state index is 0.0313. The summed E-state index contributed by atoms with van der Waals surface area (Å²) in [6.45, 7) is 5.86. The largest absolute Gasteiger partial charge is 0.399 e. The zero-order chi connectivity index (χ0) is 15.6. The van der Waals surface area contributed by atoms with Crippen LogP contribution in [0.1, 0.15) is 53.2 Å². The zero-order valence-corrected chi connectivity index (χ0v) is 12.6. The van der Waals surface area contributed by atoms with Crippen LogP contribution >= 0.6 is 0 Å². The van der Waals surface area contributed by atoms with Crippen LogP contribution in [0.25, 0.3) is 0 Å². The number of halogens is 1. The summed E-state index contributed by atoms with van der Waals surface area (Å²) in [6.07, 6.45) is 1.04. The molecule has 0 spiro atoms. The van der Waals surface area contributed by atoms with Gasteiger partial charge >= 0.3 is 0 Å². The Morgan fingerprint density at radius 1 is 1.24 bits per heavy atom. The number of nitrogen functional groups attached to an aromatic ring is 1. The van der Waals surface area contributed by atoms with E-state index in [1.165, 1.54) is 17.7 Å². The number of ketones is 1. The topological polar surface area (TPSA) is 43.1 Å². The number of rotatable bonds is 4. The van der Waals surface area contributed by atoms with Gasteiger partial charge in [0.15, 0.2) is 5.78 Å². The van der Waals surface area contributed by atoms with E-state index in [2.05, 4.69) is 13.8 Å². The van der Waals surface area contributed by atoms with E-state index in [0.29, 0.717) is 22.7 Å². The lowest BCUT2D eigenvalue weighted by molar-refractivity contribution is 0.103. The summed E-state index contributed by atoms with van der Waals surface area (Å²) in [5.74, 6) is -0.390. The fourth-order valence-corrected chi connectivity index (χ4v) is 2.32. The normalized spacial score (nSPS) is 12.2. The van der Waals surface area contributed by atoms with Gasteiger partial charge < -0.3 is 5.73 Å². The first-order valence-corrected chi connectivity index (χ1v) is 7.14. The quantitative estimate of drug-likeness (QED) is 0.665. The number of hydrogen-bond acceptors (Lipinski definition) is 2.